The molecule has 0 saturated carbocycles. The van der Waals surface area contributed by atoms with E-state index in [1.165, 1.54) is 23.8 Å². The number of hydrogen-bond donors (Lipinski definition) is 0. The first kappa shape index (κ1) is 27.0. The molecule has 0 bridgehead atoms. The summed E-state index contributed by atoms with van der Waals surface area (Å²) in [6.45, 7) is 0.377. The van der Waals surface area contributed by atoms with E-state index in [9.17, 15) is 9.59 Å². The van der Waals surface area contributed by atoms with Gasteiger partial charge in [-0.1, -0.05) is 28.1 Å². The van der Waals surface area contributed by atoms with Crippen LogP contribution < -0.4 is 9.47 Å². The molecule has 37 heavy (non-hydrogen) atoms. The maximum atomic E-state index is 12.9. The fourth-order valence-electron chi connectivity index (χ4n) is 3.40. The Hall–Kier alpha value is -3.08. The summed E-state index contributed by atoms with van der Waals surface area (Å²) in [5.74, 6) is 0.535. The van der Waals surface area contributed by atoms with Crippen LogP contribution >= 0.6 is 43.6 Å². The van der Waals surface area contributed by atoms with E-state index in [1.54, 1.807) is 44.5 Å². The van der Waals surface area contributed by atoms with Crippen molar-refractivity contribution in [2.45, 2.75) is 6.61 Å². The number of carbonyl (C=O) groups is 2. The second-order valence-electron chi connectivity index (χ2n) is 7.86. The van der Waals surface area contributed by atoms with Gasteiger partial charge in [-0.25, -0.2) is 9.79 Å². The molecule has 0 spiro atoms. The van der Waals surface area contributed by atoms with E-state index in [2.05, 4.69) is 36.9 Å². The molecule has 1 heterocycles. The molecule has 0 aromatic heterocycles. The lowest BCUT2D eigenvalue weighted by atomic mass is 10.1. The average Bonchev–Trinajstić information content (AvgIpc) is 3.16. The van der Waals surface area contributed by atoms with Gasteiger partial charge in [-0.2, -0.15) is 0 Å². The van der Waals surface area contributed by atoms with Crippen molar-refractivity contribution in [3.05, 3.63) is 91.2 Å². The van der Waals surface area contributed by atoms with Crippen LogP contribution in [-0.2, 0) is 16.1 Å². The summed E-state index contributed by atoms with van der Waals surface area (Å²) in [7, 11) is 4.58. The molecule has 190 valence electrons. The van der Waals surface area contributed by atoms with E-state index in [-0.39, 0.29) is 5.91 Å². The first-order chi connectivity index (χ1) is 17.8. The molecule has 1 saturated heterocycles. The Morgan fingerprint density at radius 3 is 2.41 bits per heavy atom. The summed E-state index contributed by atoms with van der Waals surface area (Å²) < 4.78 is 18.0. The molecule has 1 aliphatic rings. The number of rotatable bonds is 7. The molecule has 1 aliphatic heterocycles. The van der Waals surface area contributed by atoms with Crippen LogP contribution in [0.4, 0.5) is 5.69 Å². The lowest BCUT2D eigenvalue weighted by molar-refractivity contribution is -0.121. The van der Waals surface area contributed by atoms with Gasteiger partial charge < -0.3 is 14.2 Å². The molecule has 0 N–H and O–H groups in total. The smallest absolute Gasteiger partial charge is 0.337 e. The number of likely N-dealkylation sites (N-methyl/N-ethyl adjacent to an activating group) is 1. The molecule has 0 aliphatic carbocycles. The van der Waals surface area contributed by atoms with Gasteiger partial charge in [0.05, 0.1) is 34.8 Å². The number of methoxy groups -OCH3 is 2. The highest BCUT2D eigenvalue weighted by molar-refractivity contribution is 9.10. The molecule has 4 rings (SSSR count). The van der Waals surface area contributed by atoms with Gasteiger partial charge in [0.15, 0.2) is 16.7 Å². The monoisotopic (exact) mass is 644 g/mol. The highest BCUT2D eigenvalue weighted by Gasteiger charge is 2.30. The molecule has 0 atom stereocenters. The van der Waals surface area contributed by atoms with Crippen molar-refractivity contribution in [1.82, 2.24) is 4.90 Å². The fraction of sp³-hybridized carbons (Fsp3) is 0.148. The van der Waals surface area contributed by atoms with E-state index in [0.717, 1.165) is 15.6 Å². The normalized spacial score (nSPS) is 15.4. The van der Waals surface area contributed by atoms with Crippen LogP contribution in [0.3, 0.4) is 0 Å². The van der Waals surface area contributed by atoms with Crippen LogP contribution in [-0.4, -0.2) is 43.2 Å². The molecule has 1 fully saturated rings. The number of hydrogen-bond acceptors (Lipinski definition) is 7. The van der Waals surface area contributed by atoms with Gasteiger partial charge in [-0.15, -0.1) is 0 Å². The number of amidine groups is 1. The van der Waals surface area contributed by atoms with E-state index in [1.807, 2.05) is 36.4 Å². The Morgan fingerprint density at radius 1 is 1.05 bits per heavy atom. The number of aliphatic imine (C=N–C) groups is 1. The summed E-state index contributed by atoms with van der Waals surface area (Å²) in [6, 6.07) is 18.3. The van der Waals surface area contributed by atoms with Crippen molar-refractivity contribution in [3.8, 4) is 11.5 Å². The number of amides is 1. The highest BCUT2D eigenvalue weighted by Crippen LogP contribution is 2.39. The van der Waals surface area contributed by atoms with Crippen LogP contribution in [0, 0.1) is 0 Å². The number of halogens is 2. The Balaban J connectivity index is 1.54. The van der Waals surface area contributed by atoms with Gasteiger partial charge in [0.2, 0.25) is 0 Å². The van der Waals surface area contributed by atoms with E-state index < -0.39 is 5.97 Å². The highest BCUT2D eigenvalue weighted by atomic mass is 79.9. The molecular weight excluding hydrogens is 624 g/mol. The molecule has 0 radical (unpaired) electrons. The van der Waals surface area contributed by atoms with Gasteiger partial charge in [-0.05, 0) is 93.4 Å². The fourth-order valence-corrected chi connectivity index (χ4v) is 5.23. The van der Waals surface area contributed by atoms with Crippen molar-refractivity contribution < 1.29 is 23.8 Å². The molecule has 3 aromatic carbocycles. The summed E-state index contributed by atoms with van der Waals surface area (Å²) in [5.41, 5.74) is 2.84. The lowest BCUT2D eigenvalue weighted by Crippen LogP contribution is -2.23. The SMILES string of the molecule is COC(=O)c1ccc(N=C2SC(=Cc3cc(Br)c(OCc4ccc(Br)cc4)c(OC)c3)C(=O)N2C)cc1. The van der Waals surface area contributed by atoms with Crippen molar-refractivity contribution in [2.75, 3.05) is 21.3 Å². The number of thioether (sulfide) groups is 1. The maximum absolute atomic E-state index is 12.9. The largest absolute Gasteiger partial charge is 0.493 e. The second kappa shape index (κ2) is 12.0. The minimum Gasteiger partial charge on any atom is -0.493 e. The Morgan fingerprint density at radius 2 is 1.76 bits per heavy atom. The summed E-state index contributed by atoms with van der Waals surface area (Å²) >= 11 is 8.28. The molecule has 3 aromatic rings. The number of benzene rings is 3. The third-order valence-electron chi connectivity index (χ3n) is 5.36. The molecule has 1 amide bonds. The number of nitrogens with zero attached hydrogens (tertiary/aromatic N) is 2. The molecular formula is C27H22Br2N2O5S. The molecule has 7 nitrogen and oxygen atoms in total. The molecule has 10 heteroatoms. The van der Waals surface area contributed by atoms with Crippen molar-refractivity contribution in [3.63, 3.8) is 0 Å². The Kier molecular flexibility index (Phi) is 8.73. The quantitative estimate of drug-likeness (QED) is 0.207. The summed E-state index contributed by atoms with van der Waals surface area (Å²) in [6.07, 6.45) is 1.79. The second-order valence-corrected chi connectivity index (χ2v) is 10.6. The van der Waals surface area contributed by atoms with Crippen molar-refractivity contribution >= 4 is 72.4 Å². The van der Waals surface area contributed by atoms with Gasteiger partial charge in [0.1, 0.15) is 6.61 Å². The predicted molar refractivity (Wildman–Crippen MR) is 152 cm³/mol. The third kappa shape index (κ3) is 6.44. The average molecular weight is 646 g/mol. The first-order valence-electron chi connectivity index (χ1n) is 11.0. The Labute approximate surface area is 235 Å². The summed E-state index contributed by atoms with van der Waals surface area (Å²) in [4.78, 5) is 31.1. The van der Waals surface area contributed by atoms with Crippen molar-refractivity contribution in [1.29, 1.82) is 0 Å². The third-order valence-corrected chi connectivity index (χ3v) is 7.54. The Bertz CT molecular complexity index is 1390. The van der Waals surface area contributed by atoms with E-state index >= 15 is 0 Å². The zero-order chi connectivity index (χ0) is 26.5. The van der Waals surface area contributed by atoms with E-state index in [4.69, 9.17) is 14.2 Å². The van der Waals surface area contributed by atoms with Gasteiger partial charge in [0.25, 0.3) is 5.91 Å². The van der Waals surface area contributed by atoms with Crippen molar-refractivity contribution in [2.24, 2.45) is 4.99 Å². The topological polar surface area (TPSA) is 77.4 Å². The van der Waals surface area contributed by atoms with Crippen LogP contribution in [0.25, 0.3) is 6.08 Å². The summed E-state index contributed by atoms with van der Waals surface area (Å²) in [5, 5.41) is 0.530. The van der Waals surface area contributed by atoms with Gasteiger partial charge in [-0.3, -0.25) is 9.69 Å². The zero-order valence-electron chi connectivity index (χ0n) is 20.2. The van der Waals surface area contributed by atoms with Gasteiger partial charge >= 0.3 is 5.97 Å². The predicted octanol–water partition coefficient (Wildman–Crippen LogP) is 6.82. The molecule has 0 unspecified atom stereocenters. The van der Waals surface area contributed by atoms with Crippen LogP contribution in [0.15, 0.2) is 79.5 Å². The van der Waals surface area contributed by atoms with Crippen LogP contribution in [0.1, 0.15) is 21.5 Å². The van der Waals surface area contributed by atoms with Crippen LogP contribution in [0.2, 0.25) is 0 Å². The minimum atomic E-state index is -0.418. The number of carbonyl (C=O) groups excluding carboxylic acids is 2. The number of esters is 1. The lowest BCUT2D eigenvalue weighted by Gasteiger charge is -2.14. The van der Waals surface area contributed by atoms with Gasteiger partial charge in [0, 0.05) is 11.5 Å². The minimum absolute atomic E-state index is 0.166. The van der Waals surface area contributed by atoms with Crippen LogP contribution in [0.5, 0.6) is 11.5 Å². The maximum Gasteiger partial charge on any atom is 0.337 e. The zero-order valence-corrected chi connectivity index (χ0v) is 24.1. The first-order valence-corrected chi connectivity index (χ1v) is 13.4. The standard InChI is InChI=1S/C27H22Br2N2O5S/c1-31-25(32)23(37-27(31)30-20-10-6-18(7-11-20)26(33)35-3)14-17-12-21(29)24(22(13-17)34-2)36-15-16-4-8-19(28)9-5-16/h4-14H,15H2,1-3H3. The number of ether oxygens (including phenoxy) is 3. The van der Waals surface area contributed by atoms with E-state index in [0.29, 0.717) is 43.9 Å².